The number of carbonyl (C=O) groups excluding carboxylic acids is 2. The van der Waals surface area contributed by atoms with Gasteiger partial charge < -0.3 is 10.0 Å². The summed E-state index contributed by atoms with van der Waals surface area (Å²) in [5.41, 5.74) is 0.372. The van der Waals surface area contributed by atoms with Crippen molar-refractivity contribution in [2.45, 2.75) is 31.8 Å². The predicted molar refractivity (Wildman–Crippen MR) is 92.8 cm³/mol. The zero-order chi connectivity index (χ0) is 17.2. The van der Waals surface area contributed by atoms with Crippen LogP contribution in [0.3, 0.4) is 0 Å². The van der Waals surface area contributed by atoms with Crippen LogP contribution in [0.2, 0.25) is 0 Å². The molecule has 0 saturated carbocycles. The Kier molecular flexibility index (Phi) is 4.49. The Morgan fingerprint density at radius 3 is 2.46 bits per heavy atom. The molecule has 2 aromatic rings. The van der Waals surface area contributed by atoms with Gasteiger partial charge in [0.15, 0.2) is 5.60 Å². The van der Waals surface area contributed by atoms with E-state index in [1.165, 1.54) is 0 Å². The van der Waals surface area contributed by atoms with Crippen molar-refractivity contribution in [1.29, 1.82) is 0 Å². The van der Waals surface area contributed by atoms with Crippen molar-refractivity contribution in [2.75, 3.05) is 11.4 Å². The van der Waals surface area contributed by atoms with E-state index in [1.807, 2.05) is 49.4 Å². The molecular weight excluding hydrogens is 302 g/mol. The quantitative estimate of drug-likeness (QED) is 0.889. The Labute approximate surface area is 141 Å². The largest absolute Gasteiger partial charge is 0.375 e. The zero-order valence-electron chi connectivity index (χ0n) is 13.7. The SMILES string of the molecule is CCCN1C(=O)C(O)(CC(=O)Cc2ccccc2)c2ccccc21. The lowest BCUT2D eigenvalue weighted by Crippen LogP contribution is -2.42. The van der Waals surface area contributed by atoms with Gasteiger partial charge in [-0.2, -0.15) is 0 Å². The van der Waals surface area contributed by atoms with Gasteiger partial charge in [0.2, 0.25) is 0 Å². The molecule has 4 nitrogen and oxygen atoms in total. The molecule has 1 aliphatic heterocycles. The van der Waals surface area contributed by atoms with E-state index in [1.54, 1.807) is 17.0 Å². The maximum atomic E-state index is 12.8. The van der Waals surface area contributed by atoms with E-state index < -0.39 is 11.5 Å². The summed E-state index contributed by atoms with van der Waals surface area (Å²) in [5.74, 6) is -0.544. The molecule has 1 N–H and O–H groups in total. The first-order valence-electron chi connectivity index (χ1n) is 8.25. The van der Waals surface area contributed by atoms with Crippen LogP contribution in [0, 0.1) is 0 Å². The number of carbonyl (C=O) groups is 2. The second-order valence-corrected chi connectivity index (χ2v) is 6.21. The zero-order valence-corrected chi connectivity index (χ0v) is 13.7. The number of Topliss-reactive ketones (excluding diaryl/α,β-unsaturated/α-hetero) is 1. The Morgan fingerprint density at radius 2 is 1.75 bits per heavy atom. The molecule has 4 heteroatoms. The van der Waals surface area contributed by atoms with Crippen LogP contribution in [0.5, 0.6) is 0 Å². The molecule has 0 radical (unpaired) electrons. The van der Waals surface area contributed by atoms with Crippen LogP contribution in [0.25, 0.3) is 0 Å². The van der Waals surface area contributed by atoms with Crippen molar-refractivity contribution in [3.63, 3.8) is 0 Å². The number of anilines is 1. The van der Waals surface area contributed by atoms with Crippen LogP contribution in [0.4, 0.5) is 5.69 Å². The third kappa shape index (κ3) is 2.85. The molecule has 0 aromatic heterocycles. The highest BCUT2D eigenvalue weighted by Gasteiger charge is 2.50. The lowest BCUT2D eigenvalue weighted by atomic mass is 9.88. The van der Waals surface area contributed by atoms with E-state index in [9.17, 15) is 14.7 Å². The summed E-state index contributed by atoms with van der Waals surface area (Å²) >= 11 is 0. The monoisotopic (exact) mass is 323 g/mol. The highest BCUT2D eigenvalue weighted by Crippen LogP contribution is 2.42. The van der Waals surface area contributed by atoms with Gasteiger partial charge in [-0.15, -0.1) is 0 Å². The fraction of sp³-hybridized carbons (Fsp3) is 0.300. The number of amides is 1. The van der Waals surface area contributed by atoms with Crippen molar-refractivity contribution in [1.82, 2.24) is 0 Å². The molecule has 3 rings (SSSR count). The molecule has 1 amide bonds. The van der Waals surface area contributed by atoms with Gasteiger partial charge in [-0.1, -0.05) is 55.5 Å². The van der Waals surface area contributed by atoms with Gasteiger partial charge in [0, 0.05) is 24.9 Å². The molecule has 0 bridgehead atoms. The standard InChI is InChI=1S/C20H21NO3/c1-2-12-21-18-11-7-6-10-17(18)20(24,19(21)23)14-16(22)13-15-8-4-3-5-9-15/h3-11,24H,2,12-14H2,1H3. The van der Waals surface area contributed by atoms with Gasteiger partial charge >= 0.3 is 0 Å². The minimum Gasteiger partial charge on any atom is -0.375 e. The molecule has 0 aliphatic carbocycles. The second kappa shape index (κ2) is 6.57. The van der Waals surface area contributed by atoms with Crippen molar-refractivity contribution < 1.29 is 14.7 Å². The van der Waals surface area contributed by atoms with E-state index in [4.69, 9.17) is 0 Å². The van der Waals surface area contributed by atoms with E-state index >= 15 is 0 Å². The van der Waals surface area contributed by atoms with Crippen molar-refractivity contribution >= 4 is 17.4 Å². The number of hydrogen-bond acceptors (Lipinski definition) is 3. The summed E-state index contributed by atoms with van der Waals surface area (Å²) < 4.78 is 0. The van der Waals surface area contributed by atoms with Crippen LogP contribution in [0.15, 0.2) is 54.6 Å². The summed E-state index contributed by atoms with van der Waals surface area (Å²) in [7, 11) is 0. The maximum absolute atomic E-state index is 12.8. The lowest BCUT2D eigenvalue weighted by Gasteiger charge is -2.22. The Balaban J connectivity index is 1.86. The third-order valence-electron chi connectivity index (χ3n) is 4.38. The van der Waals surface area contributed by atoms with Crippen molar-refractivity contribution in [2.24, 2.45) is 0 Å². The first-order valence-corrected chi connectivity index (χ1v) is 8.25. The number of hydrogen-bond donors (Lipinski definition) is 1. The van der Waals surface area contributed by atoms with Crippen molar-refractivity contribution in [3.8, 4) is 0 Å². The number of benzene rings is 2. The summed E-state index contributed by atoms with van der Waals surface area (Å²) in [6, 6.07) is 16.6. The first-order chi connectivity index (χ1) is 11.6. The fourth-order valence-corrected chi connectivity index (χ4v) is 3.29. The Hall–Kier alpha value is -2.46. The maximum Gasteiger partial charge on any atom is 0.264 e. The Bertz CT molecular complexity index is 756. The predicted octanol–water partition coefficient (Wildman–Crippen LogP) is 2.83. The summed E-state index contributed by atoms with van der Waals surface area (Å²) in [6.45, 7) is 2.51. The number of rotatable bonds is 6. The molecule has 24 heavy (non-hydrogen) atoms. The van der Waals surface area contributed by atoms with Crippen LogP contribution in [-0.4, -0.2) is 23.3 Å². The minimum atomic E-state index is -1.75. The molecule has 1 heterocycles. The molecule has 0 saturated heterocycles. The van der Waals surface area contributed by atoms with Gasteiger partial charge in [-0.25, -0.2) is 0 Å². The second-order valence-electron chi connectivity index (χ2n) is 6.21. The number of fused-ring (bicyclic) bond motifs is 1. The highest BCUT2D eigenvalue weighted by molar-refractivity contribution is 6.09. The average Bonchev–Trinajstić information content (AvgIpc) is 2.78. The van der Waals surface area contributed by atoms with Crippen LogP contribution < -0.4 is 4.90 Å². The highest BCUT2D eigenvalue weighted by atomic mass is 16.3. The van der Waals surface area contributed by atoms with Gasteiger partial charge in [0.25, 0.3) is 5.91 Å². The van der Waals surface area contributed by atoms with Gasteiger partial charge in [-0.3, -0.25) is 9.59 Å². The summed E-state index contributed by atoms with van der Waals surface area (Å²) in [4.78, 5) is 26.8. The smallest absolute Gasteiger partial charge is 0.264 e. The van der Waals surface area contributed by atoms with Crippen molar-refractivity contribution in [3.05, 3.63) is 65.7 Å². The van der Waals surface area contributed by atoms with Crippen LogP contribution >= 0.6 is 0 Å². The van der Waals surface area contributed by atoms with E-state index in [2.05, 4.69) is 0 Å². The first kappa shape index (κ1) is 16.4. The number of ketones is 1. The van der Waals surface area contributed by atoms with Gasteiger partial charge in [-0.05, 0) is 18.1 Å². The molecule has 0 spiro atoms. The molecule has 124 valence electrons. The van der Waals surface area contributed by atoms with Gasteiger partial charge in [0.05, 0.1) is 5.69 Å². The lowest BCUT2D eigenvalue weighted by molar-refractivity contribution is -0.141. The van der Waals surface area contributed by atoms with Crippen LogP contribution in [0.1, 0.15) is 30.9 Å². The third-order valence-corrected chi connectivity index (χ3v) is 4.38. The molecule has 1 aliphatic rings. The molecular formula is C20H21NO3. The molecule has 2 aromatic carbocycles. The topological polar surface area (TPSA) is 57.6 Å². The molecule has 1 unspecified atom stereocenters. The van der Waals surface area contributed by atoms with E-state index in [0.29, 0.717) is 17.8 Å². The van der Waals surface area contributed by atoms with Gasteiger partial charge in [0.1, 0.15) is 5.78 Å². The number of nitrogens with zero attached hydrogens (tertiary/aromatic N) is 1. The van der Waals surface area contributed by atoms with E-state index in [-0.39, 0.29) is 18.6 Å². The molecule has 1 atom stereocenters. The summed E-state index contributed by atoms with van der Waals surface area (Å²) in [6.07, 6.45) is 0.804. The molecule has 0 fully saturated rings. The number of para-hydroxylation sites is 1. The number of aliphatic hydroxyl groups is 1. The minimum absolute atomic E-state index is 0.148. The van der Waals surface area contributed by atoms with Crippen LogP contribution in [-0.2, 0) is 21.6 Å². The normalized spacial score (nSPS) is 19.4. The fourth-order valence-electron chi connectivity index (χ4n) is 3.29. The average molecular weight is 323 g/mol. The van der Waals surface area contributed by atoms with E-state index in [0.717, 1.165) is 12.0 Å². The Morgan fingerprint density at radius 1 is 1.08 bits per heavy atom. The summed E-state index contributed by atoms with van der Waals surface area (Å²) in [5, 5.41) is 11.0.